The molecule has 0 bridgehead atoms. The van der Waals surface area contributed by atoms with Crippen molar-refractivity contribution in [2.75, 3.05) is 7.11 Å². The molecule has 3 heterocycles. The summed E-state index contributed by atoms with van der Waals surface area (Å²) in [5, 5.41) is 13.8. The van der Waals surface area contributed by atoms with E-state index in [-0.39, 0.29) is 0 Å². The Hall–Kier alpha value is -2.67. The van der Waals surface area contributed by atoms with Crippen LogP contribution in [0.1, 0.15) is 0 Å². The molecule has 4 rings (SSSR count). The van der Waals surface area contributed by atoms with Crippen molar-refractivity contribution < 1.29 is 9.15 Å². The van der Waals surface area contributed by atoms with Gasteiger partial charge >= 0.3 is 0 Å². The van der Waals surface area contributed by atoms with Crippen LogP contribution in [0.15, 0.2) is 47.3 Å². The van der Waals surface area contributed by atoms with Crippen molar-refractivity contribution in [1.29, 1.82) is 0 Å². The van der Waals surface area contributed by atoms with Crippen LogP contribution < -0.4 is 4.74 Å². The van der Waals surface area contributed by atoms with Crippen molar-refractivity contribution in [3.05, 3.63) is 42.9 Å². The topological polar surface area (TPSA) is 65.5 Å². The lowest BCUT2D eigenvalue weighted by atomic mass is 10.2. The fourth-order valence-corrected chi connectivity index (χ4v) is 2.94. The summed E-state index contributed by atoms with van der Waals surface area (Å²) in [7, 11) is 1.63. The first-order valence-corrected chi connectivity index (χ1v) is 7.06. The van der Waals surface area contributed by atoms with E-state index in [1.165, 1.54) is 11.3 Å². The average molecular weight is 298 g/mol. The summed E-state index contributed by atoms with van der Waals surface area (Å²) in [6.45, 7) is 0. The molecular weight excluding hydrogens is 288 g/mol. The Bertz CT molecular complexity index is 895. The van der Waals surface area contributed by atoms with E-state index in [1.807, 2.05) is 30.3 Å². The number of para-hydroxylation sites is 1. The monoisotopic (exact) mass is 298 g/mol. The van der Waals surface area contributed by atoms with E-state index in [2.05, 4.69) is 15.3 Å². The molecular formula is C14H10N4O2S. The van der Waals surface area contributed by atoms with Gasteiger partial charge in [0.15, 0.2) is 10.8 Å². The van der Waals surface area contributed by atoms with Crippen LogP contribution in [0, 0.1) is 0 Å². The summed E-state index contributed by atoms with van der Waals surface area (Å²) in [5.41, 5.74) is 1.79. The number of hydrogen-bond donors (Lipinski definition) is 0. The van der Waals surface area contributed by atoms with E-state index >= 15 is 0 Å². The zero-order valence-corrected chi connectivity index (χ0v) is 11.9. The third kappa shape index (κ3) is 1.90. The highest BCUT2D eigenvalue weighted by Gasteiger charge is 2.17. The molecule has 0 radical (unpaired) electrons. The molecule has 0 amide bonds. The van der Waals surface area contributed by atoms with Gasteiger partial charge in [0.05, 0.1) is 24.5 Å². The Morgan fingerprint density at radius 1 is 1.19 bits per heavy atom. The van der Waals surface area contributed by atoms with Crippen LogP contribution in [0.3, 0.4) is 0 Å². The molecule has 3 aromatic heterocycles. The number of benzene rings is 1. The van der Waals surface area contributed by atoms with Gasteiger partial charge in [-0.3, -0.25) is 0 Å². The van der Waals surface area contributed by atoms with Gasteiger partial charge in [0, 0.05) is 0 Å². The molecule has 0 saturated heterocycles. The minimum atomic E-state index is 0.661. The summed E-state index contributed by atoms with van der Waals surface area (Å²) in [5.74, 6) is 1.40. The van der Waals surface area contributed by atoms with E-state index in [1.54, 1.807) is 24.2 Å². The molecule has 6 nitrogen and oxygen atoms in total. The van der Waals surface area contributed by atoms with Gasteiger partial charge in [0.25, 0.3) is 0 Å². The zero-order valence-electron chi connectivity index (χ0n) is 11.1. The lowest BCUT2D eigenvalue weighted by molar-refractivity contribution is 0.416. The number of rotatable bonds is 3. The molecule has 0 aliphatic rings. The Kier molecular flexibility index (Phi) is 2.71. The highest BCUT2D eigenvalue weighted by molar-refractivity contribution is 7.19. The molecule has 104 valence electrons. The third-order valence-corrected chi connectivity index (χ3v) is 4.05. The normalized spacial score (nSPS) is 11.1. The molecule has 0 atom stereocenters. The molecule has 0 aliphatic carbocycles. The second kappa shape index (κ2) is 4.71. The minimum Gasteiger partial charge on any atom is -0.496 e. The fraction of sp³-hybridized carbons (Fsp3) is 0.0714. The quantitative estimate of drug-likeness (QED) is 0.581. The number of ether oxygens (including phenoxy) is 1. The van der Waals surface area contributed by atoms with Crippen molar-refractivity contribution in [3.8, 4) is 27.7 Å². The fourth-order valence-electron chi connectivity index (χ4n) is 2.12. The molecule has 0 unspecified atom stereocenters. The first-order valence-electron chi connectivity index (χ1n) is 6.25. The lowest BCUT2D eigenvalue weighted by Crippen LogP contribution is -1.94. The Labute approximate surface area is 123 Å². The molecule has 0 fully saturated rings. The van der Waals surface area contributed by atoms with Crippen LogP contribution in [0.4, 0.5) is 0 Å². The van der Waals surface area contributed by atoms with Gasteiger partial charge in [-0.2, -0.15) is 9.61 Å². The first-order chi connectivity index (χ1) is 10.4. The van der Waals surface area contributed by atoms with E-state index in [0.717, 1.165) is 26.8 Å². The van der Waals surface area contributed by atoms with Gasteiger partial charge in [0.1, 0.15) is 12.0 Å². The van der Waals surface area contributed by atoms with Crippen molar-refractivity contribution >= 4 is 16.3 Å². The first kappa shape index (κ1) is 12.1. The van der Waals surface area contributed by atoms with Crippen LogP contribution in [0.5, 0.6) is 5.75 Å². The zero-order chi connectivity index (χ0) is 14.2. The maximum Gasteiger partial charge on any atom is 0.235 e. The van der Waals surface area contributed by atoms with Crippen molar-refractivity contribution in [3.63, 3.8) is 0 Å². The van der Waals surface area contributed by atoms with E-state index in [4.69, 9.17) is 9.15 Å². The van der Waals surface area contributed by atoms with Gasteiger partial charge in [-0.15, -0.1) is 10.2 Å². The highest BCUT2D eigenvalue weighted by atomic mass is 32.1. The summed E-state index contributed by atoms with van der Waals surface area (Å²) in [6.07, 6.45) is 3.29. The smallest absolute Gasteiger partial charge is 0.235 e. The summed E-state index contributed by atoms with van der Waals surface area (Å²) >= 11 is 1.46. The summed E-state index contributed by atoms with van der Waals surface area (Å²) < 4.78 is 12.2. The number of fused-ring (bicyclic) bond motifs is 1. The van der Waals surface area contributed by atoms with Crippen molar-refractivity contribution in [2.24, 2.45) is 0 Å². The molecule has 0 aliphatic heterocycles. The van der Waals surface area contributed by atoms with Crippen LogP contribution >= 0.6 is 11.3 Å². The molecule has 1 aromatic carbocycles. The van der Waals surface area contributed by atoms with Crippen LogP contribution in [0.25, 0.3) is 26.9 Å². The molecule has 7 heteroatoms. The van der Waals surface area contributed by atoms with Crippen LogP contribution in [-0.4, -0.2) is 26.9 Å². The van der Waals surface area contributed by atoms with Gasteiger partial charge in [-0.1, -0.05) is 23.5 Å². The summed E-state index contributed by atoms with van der Waals surface area (Å²) in [4.78, 5) is 0.729. The number of furan rings is 1. The van der Waals surface area contributed by atoms with Crippen LogP contribution in [0.2, 0.25) is 0 Å². The predicted molar refractivity (Wildman–Crippen MR) is 78.3 cm³/mol. The van der Waals surface area contributed by atoms with Crippen molar-refractivity contribution in [2.45, 2.75) is 0 Å². The van der Waals surface area contributed by atoms with Gasteiger partial charge in [-0.05, 0) is 18.2 Å². The molecule has 0 spiro atoms. The molecule has 0 saturated carbocycles. The Morgan fingerprint density at radius 3 is 2.90 bits per heavy atom. The van der Waals surface area contributed by atoms with Gasteiger partial charge in [-0.25, -0.2) is 0 Å². The number of methoxy groups -OCH3 is 1. The van der Waals surface area contributed by atoms with E-state index < -0.39 is 0 Å². The summed E-state index contributed by atoms with van der Waals surface area (Å²) in [6, 6.07) is 9.54. The van der Waals surface area contributed by atoms with Gasteiger partial charge < -0.3 is 9.15 Å². The SMILES string of the molecule is COc1ccccc1-c1nnc2sc(-c3ccoc3)nn12. The highest BCUT2D eigenvalue weighted by Crippen LogP contribution is 2.31. The van der Waals surface area contributed by atoms with Crippen molar-refractivity contribution in [1.82, 2.24) is 19.8 Å². The molecule has 4 aromatic rings. The second-order valence-electron chi connectivity index (χ2n) is 4.34. The largest absolute Gasteiger partial charge is 0.496 e. The molecule has 0 N–H and O–H groups in total. The van der Waals surface area contributed by atoms with E-state index in [9.17, 15) is 0 Å². The molecule has 21 heavy (non-hydrogen) atoms. The maximum absolute atomic E-state index is 5.38. The number of nitrogens with zero attached hydrogens (tertiary/aromatic N) is 4. The Morgan fingerprint density at radius 2 is 2.10 bits per heavy atom. The number of hydrogen-bond acceptors (Lipinski definition) is 6. The number of aromatic nitrogens is 4. The minimum absolute atomic E-state index is 0.661. The maximum atomic E-state index is 5.38. The van der Waals surface area contributed by atoms with Crippen LogP contribution in [-0.2, 0) is 0 Å². The van der Waals surface area contributed by atoms with Gasteiger partial charge in [0.2, 0.25) is 4.96 Å². The lowest BCUT2D eigenvalue weighted by Gasteiger charge is -2.04. The Balaban J connectivity index is 1.90. The standard InChI is InChI=1S/C14H10N4O2S/c1-19-11-5-3-2-4-10(11)12-15-16-14-18(12)17-13(21-14)9-6-7-20-8-9/h2-8H,1H3. The second-order valence-corrected chi connectivity index (χ2v) is 5.29. The average Bonchev–Trinajstić information content (AvgIpc) is 3.22. The third-order valence-electron chi connectivity index (χ3n) is 3.11. The predicted octanol–water partition coefficient (Wildman–Crippen LogP) is 3.12. The van der Waals surface area contributed by atoms with E-state index in [0.29, 0.717) is 5.82 Å².